The zero-order valence-corrected chi connectivity index (χ0v) is 10.9. The van der Waals surface area contributed by atoms with Gasteiger partial charge in [0.1, 0.15) is 11.6 Å². The van der Waals surface area contributed by atoms with E-state index in [-0.39, 0.29) is 11.2 Å². The quantitative estimate of drug-likeness (QED) is 0.748. The molecule has 2 aromatic rings. The Hall–Kier alpha value is -1.06. The van der Waals surface area contributed by atoms with Gasteiger partial charge in [-0.05, 0) is 17.5 Å². The molecule has 0 amide bonds. The maximum atomic E-state index is 13.8. The summed E-state index contributed by atoms with van der Waals surface area (Å²) in [5.41, 5.74) is 0.515. The third-order valence-electron chi connectivity index (χ3n) is 2.51. The lowest BCUT2D eigenvalue weighted by molar-refractivity contribution is 0.410. The Morgan fingerprint density at radius 1 is 1.41 bits per heavy atom. The van der Waals surface area contributed by atoms with E-state index in [1.54, 1.807) is 23.5 Å². The van der Waals surface area contributed by atoms with Crippen LogP contribution in [0.5, 0.6) is 5.75 Å². The SMILES string of the molecule is COc1ccc(C(Cl)Cc2cccs2)c(F)c1. The van der Waals surface area contributed by atoms with E-state index in [0.29, 0.717) is 17.7 Å². The van der Waals surface area contributed by atoms with Gasteiger partial charge in [0.2, 0.25) is 0 Å². The lowest BCUT2D eigenvalue weighted by atomic mass is 10.1. The molecular weight excluding hydrogens is 259 g/mol. The molecule has 0 saturated carbocycles. The molecule has 2 rings (SSSR count). The highest BCUT2D eigenvalue weighted by atomic mass is 35.5. The monoisotopic (exact) mass is 270 g/mol. The molecule has 0 radical (unpaired) electrons. The zero-order valence-electron chi connectivity index (χ0n) is 9.32. The van der Waals surface area contributed by atoms with E-state index in [1.165, 1.54) is 13.2 Å². The van der Waals surface area contributed by atoms with Gasteiger partial charge in [-0.15, -0.1) is 22.9 Å². The van der Waals surface area contributed by atoms with Crippen molar-refractivity contribution in [2.24, 2.45) is 0 Å². The predicted octanol–water partition coefficient (Wildman–Crippen LogP) is 4.42. The summed E-state index contributed by atoms with van der Waals surface area (Å²) in [6.07, 6.45) is 0.641. The van der Waals surface area contributed by atoms with E-state index in [1.807, 2.05) is 17.5 Å². The van der Waals surface area contributed by atoms with Crippen molar-refractivity contribution < 1.29 is 9.13 Å². The Bertz CT molecular complexity index is 484. The maximum Gasteiger partial charge on any atom is 0.131 e. The normalized spacial score (nSPS) is 12.4. The fourth-order valence-corrected chi connectivity index (χ4v) is 2.79. The Morgan fingerprint density at radius 3 is 2.82 bits per heavy atom. The first-order chi connectivity index (χ1) is 8.20. The van der Waals surface area contributed by atoms with Crippen LogP contribution in [-0.2, 0) is 6.42 Å². The minimum absolute atomic E-state index is 0.319. The van der Waals surface area contributed by atoms with Crippen LogP contribution in [0.2, 0.25) is 0 Å². The summed E-state index contributed by atoms with van der Waals surface area (Å²) in [7, 11) is 1.51. The Kier molecular flexibility index (Phi) is 4.02. The van der Waals surface area contributed by atoms with Gasteiger partial charge in [0.15, 0.2) is 0 Å². The first kappa shape index (κ1) is 12.4. The Labute approximate surface area is 109 Å². The molecule has 0 aliphatic heterocycles. The van der Waals surface area contributed by atoms with Crippen molar-refractivity contribution in [3.05, 3.63) is 52.0 Å². The molecule has 0 aliphatic rings. The summed E-state index contributed by atoms with van der Waals surface area (Å²) in [4.78, 5) is 1.15. The van der Waals surface area contributed by atoms with Gasteiger partial charge in [0, 0.05) is 22.9 Å². The van der Waals surface area contributed by atoms with Gasteiger partial charge in [-0.25, -0.2) is 4.39 Å². The summed E-state index contributed by atoms with van der Waals surface area (Å²) in [6, 6.07) is 8.73. The molecule has 1 aromatic heterocycles. The van der Waals surface area contributed by atoms with Crippen LogP contribution in [0.4, 0.5) is 4.39 Å². The predicted molar refractivity (Wildman–Crippen MR) is 69.6 cm³/mol. The Morgan fingerprint density at radius 2 is 2.24 bits per heavy atom. The third-order valence-corrected chi connectivity index (χ3v) is 3.79. The van der Waals surface area contributed by atoms with Crippen molar-refractivity contribution >= 4 is 22.9 Å². The zero-order chi connectivity index (χ0) is 12.3. The number of benzene rings is 1. The van der Waals surface area contributed by atoms with E-state index >= 15 is 0 Å². The molecule has 1 unspecified atom stereocenters. The van der Waals surface area contributed by atoms with Crippen LogP contribution in [0.15, 0.2) is 35.7 Å². The summed E-state index contributed by atoms with van der Waals surface area (Å²) in [6.45, 7) is 0. The first-order valence-electron chi connectivity index (χ1n) is 5.20. The van der Waals surface area contributed by atoms with E-state index in [9.17, 15) is 4.39 Å². The minimum atomic E-state index is -0.348. The van der Waals surface area contributed by atoms with Gasteiger partial charge < -0.3 is 4.74 Å². The molecule has 1 aromatic carbocycles. The molecule has 17 heavy (non-hydrogen) atoms. The van der Waals surface area contributed by atoms with Crippen LogP contribution >= 0.6 is 22.9 Å². The summed E-state index contributed by atoms with van der Waals surface area (Å²) < 4.78 is 18.7. The molecule has 0 N–H and O–H groups in total. The van der Waals surface area contributed by atoms with Crippen LogP contribution in [0.25, 0.3) is 0 Å². The van der Waals surface area contributed by atoms with Gasteiger partial charge >= 0.3 is 0 Å². The smallest absolute Gasteiger partial charge is 0.131 e. The van der Waals surface area contributed by atoms with Crippen molar-refractivity contribution in [2.75, 3.05) is 7.11 Å². The average molecular weight is 271 g/mol. The number of ether oxygens (including phenoxy) is 1. The van der Waals surface area contributed by atoms with E-state index in [2.05, 4.69) is 0 Å². The van der Waals surface area contributed by atoms with Crippen molar-refractivity contribution in [3.8, 4) is 5.75 Å². The van der Waals surface area contributed by atoms with Crippen LogP contribution in [0, 0.1) is 5.82 Å². The summed E-state index contributed by atoms with van der Waals surface area (Å²) in [5, 5.41) is 1.64. The molecule has 0 aliphatic carbocycles. The molecular formula is C13H12ClFOS. The molecule has 0 spiro atoms. The summed E-state index contributed by atoms with van der Waals surface area (Å²) in [5.74, 6) is 0.187. The van der Waals surface area contributed by atoms with Gasteiger partial charge in [-0.3, -0.25) is 0 Å². The number of thiophene rings is 1. The average Bonchev–Trinajstić information content (AvgIpc) is 2.81. The fourth-order valence-electron chi connectivity index (χ4n) is 1.60. The molecule has 1 heterocycles. The highest BCUT2D eigenvalue weighted by Gasteiger charge is 2.14. The number of hydrogen-bond donors (Lipinski definition) is 0. The Balaban J connectivity index is 2.16. The van der Waals surface area contributed by atoms with Gasteiger partial charge in [-0.1, -0.05) is 12.1 Å². The highest BCUT2D eigenvalue weighted by molar-refractivity contribution is 7.09. The molecule has 90 valence electrons. The maximum absolute atomic E-state index is 13.8. The number of rotatable bonds is 4. The topological polar surface area (TPSA) is 9.23 Å². The molecule has 4 heteroatoms. The van der Waals surface area contributed by atoms with Crippen LogP contribution in [0.1, 0.15) is 15.8 Å². The number of methoxy groups -OCH3 is 1. The molecule has 0 bridgehead atoms. The molecule has 0 saturated heterocycles. The number of halogens is 2. The highest BCUT2D eigenvalue weighted by Crippen LogP contribution is 2.30. The fraction of sp³-hybridized carbons (Fsp3) is 0.231. The van der Waals surface area contributed by atoms with Crippen LogP contribution < -0.4 is 4.74 Å². The van der Waals surface area contributed by atoms with Crippen molar-refractivity contribution in [1.29, 1.82) is 0 Å². The van der Waals surface area contributed by atoms with E-state index in [4.69, 9.17) is 16.3 Å². The van der Waals surface area contributed by atoms with Crippen molar-refractivity contribution in [2.45, 2.75) is 11.8 Å². The number of hydrogen-bond acceptors (Lipinski definition) is 2. The van der Waals surface area contributed by atoms with E-state index < -0.39 is 0 Å². The minimum Gasteiger partial charge on any atom is -0.497 e. The van der Waals surface area contributed by atoms with Gasteiger partial charge in [0.05, 0.1) is 12.5 Å². The second-order valence-electron chi connectivity index (χ2n) is 3.64. The number of alkyl halides is 1. The van der Waals surface area contributed by atoms with E-state index in [0.717, 1.165) is 4.88 Å². The second-order valence-corrected chi connectivity index (χ2v) is 5.20. The van der Waals surface area contributed by atoms with Crippen molar-refractivity contribution in [3.63, 3.8) is 0 Å². The van der Waals surface area contributed by atoms with Crippen molar-refractivity contribution in [1.82, 2.24) is 0 Å². The molecule has 0 fully saturated rings. The third kappa shape index (κ3) is 2.99. The lowest BCUT2D eigenvalue weighted by Gasteiger charge is -2.10. The van der Waals surface area contributed by atoms with Crippen LogP contribution in [0.3, 0.4) is 0 Å². The largest absolute Gasteiger partial charge is 0.497 e. The standard InChI is InChI=1S/C13H12ClFOS/c1-16-9-4-5-11(13(15)7-9)12(14)8-10-3-2-6-17-10/h2-7,12H,8H2,1H3. The first-order valence-corrected chi connectivity index (χ1v) is 6.52. The molecule has 1 atom stereocenters. The lowest BCUT2D eigenvalue weighted by Crippen LogP contribution is -1.98. The molecule has 1 nitrogen and oxygen atoms in total. The van der Waals surface area contributed by atoms with Crippen LogP contribution in [-0.4, -0.2) is 7.11 Å². The van der Waals surface area contributed by atoms with Gasteiger partial charge in [-0.2, -0.15) is 0 Å². The summed E-state index contributed by atoms with van der Waals surface area (Å²) >= 11 is 7.85. The second kappa shape index (κ2) is 5.52. The van der Waals surface area contributed by atoms with Gasteiger partial charge in [0.25, 0.3) is 0 Å².